The van der Waals surface area contributed by atoms with Gasteiger partial charge >= 0.3 is 0 Å². The number of hydrogen-bond donors (Lipinski definition) is 1. The number of aliphatic hydroxyl groups is 1. The number of fused-ring (bicyclic) bond motifs is 5. The molecule has 0 amide bonds. The molecule has 4 aliphatic rings. The van der Waals surface area contributed by atoms with Crippen molar-refractivity contribution in [3.63, 3.8) is 0 Å². The molecule has 112 valence electrons. The Kier molecular flexibility index (Phi) is 3.41. The molecule has 0 aliphatic heterocycles. The van der Waals surface area contributed by atoms with E-state index < -0.39 is 0 Å². The third kappa shape index (κ3) is 2.15. The van der Waals surface area contributed by atoms with Crippen LogP contribution in [0.2, 0.25) is 0 Å². The van der Waals surface area contributed by atoms with Crippen molar-refractivity contribution in [1.82, 2.24) is 0 Å². The molecule has 0 saturated heterocycles. The smallest absolute Gasteiger partial charge is 0.133 e. The molecule has 20 heavy (non-hydrogen) atoms. The summed E-state index contributed by atoms with van der Waals surface area (Å²) in [5.41, 5.74) is 0. The molecule has 0 heterocycles. The van der Waals surface area contributed by atoms with Gasteiger partial charge in [-0.05, 0) is 86.9 Å². The highest BCUT2D eigenvalue weighted by molar-refractivity contribution is 5.79. The average molecular weight is 276 g/mol. The van der Waals surface area contributed by atoms with Gasteiger partial charge in [0.15, 0.2) is 0 Å². The fraction of sp³-hybridized carbons (Fsp3) is 0.944. The summed E-state index contributed by atoms with van der Waals surface area (Å²) in [6.45, 7) is 0. The molecule has 4 fully saturated rings. The fourth-order valence-corrected chi connectivity index (χ4v) is 6.45. The van der Waals surface area contributed by atoms with Crippen LogP contribution in [0.1, 0.15) is 64.2 Å². The first-order valence-corrected chi connectivity index (χ1v) is 8.92. The van der Waals surface area contributed by atoms with Crippen molar-refractivity contribution >= 4 is 5.78 Å². The molecule has 4 aliphatic carbocycles. The Morgan fingerprint density at radius 3 is 2.20 bits per heavy atom. The van der Waals surface area contributed by atoms with Gasteiger partial charge in [-0.15, -0.1) is 0 Å². The molecule has 2 nitrogen and oxygen atoms in total. The Balaban J connectivity index is 1.51. The predicted octanol–water partition coefficient (Wildman–Crippen LogP) is 3.57. The molecular formula is C18H28O2. The van der Waals surface area contributed by atoms with Gasteiger partial charge in [-0.1, -0.05) is 0 Å². The first-order chi connectivity index (χ1) is 9.72. The summed E-state index contributed by atoms with van der Waals surface area (Å²) >= 11 is 0. The zero-order chi connectivity index (χ0) is 13.7. The van der Waals surface area contributed by atoms with Crippen molar-refractivity contribution < 1.29 is 9.90 Å². The normalized spacial score (nSPS) is 51.9. The van der Waals surface area contributed by atoms with Gasteiger partial charge in [-0.25, -0.2) is 0 Å². The first-order valence-electron chi connectivity index (χ1n) is 8.92. The number of Topliss-reactive ketones (excluding diaryl/α,β-unsaturated/α-hetero) is 1. The van der Waals surface area contributed by atoms with E-state index in [0.29, 0.717) is 5.78 Å². The van der Waals surface area contributed by atoms with E-state index >= 15 is 0 Å². The highest BCUT2D eigenvalue weighted by atomic mass is 16.3. The van der Waals surface area contributed by atoms with Crippen molar-refractivity contribution in [3.05, 3.63) is 0 Å². The topological polar surface area (TPSA) is 37.3 Å². The minimum Gasteiger partial charge on any atom is -0.393 e. The number of carbonyl (C=O) groups is 1. The highest BCUT2D eigenvalue weighted by Gasteiger charge is 2.49. The molecule has 0 bridgehead atoms. The highest BCUT2D eigenvalue weighted by Crippen LogP contribution is 2.56. The zero-order valence-electron chi connectivity index (χ0n) is 12.5. The molecule has 2 heteroatoms. The summed E-state index contributed by atoms with van der Waals surface area (Å²) < 4.78 is 0. The zero-order valence-corrected chi connectivity index (χ0v) is 12.5. The monoisotopic (exact) mass is 276 g/mol. The summed E-state index contributed by atoms with van der Waals surface area (Å²) in [5, 5.41) is 9.92. The average Bonchev–Trinajstić information content (AvgIpc) is 2.45. The van der Waals surface area contributed by atoms with E-state index in [4.69, 9.17) is 0 Å². The largest absolute Gasteiger partial charge is 0.393 e. The number of ketones is 1. The van der Waals surface area contributed by atoms with Crippen molar-refractivity contribution in [2.24, 2.45) is 35.5 Å². The van der Waals surface area contributed by atoms with E-state index in [9.17, 15) is 9.90 Å². The van der Waals surface area contributed by atoms with Gasteiger partial charge in [-0.2, -0.15) is 0 Å². The number of rotatable bonds is 0. The minimum absolute atomic E-state index is 0.0172. The molecule has 0 spiro atoms. The number of aliphatic hydroxyl groups excluding tert-OH is 1. The van der Waals surface area contributed by atoms with Crippen molar-refractivity contribution in [2.75, 3.05) is 0 Å². The lowest BCUT2D eigenvalue weighted by molar-refractivity contribution is -0.127. The molecule has 0 aromatic rings. The maximum absolute atomic E-state index is 11.7. The summed E-state index contributed by atoms with van der Waals surface area (Å²) in [6.07, 6.45) is 11.7. The summed E-state index contributed by atoms with van der Waals surface area (Å²) in [5.74, 6) is 5.66. The Hall–Kier alpha value is -0.370. The second-order valence-corrected chi connectivity index (χ2v) is 8.08. The molecule has 4 rings (SSSR count). The van der Waals surface area contributed by atoms with Gasteiger partial charge in [0.2, 0.25) is 0 Å². The van der Waals surface area contributed by atoms with Gasteiger partial charge in [0.25, 0.3) is 0 Å². The number of hydrogen-bond acceptors (Lipinski definition) is 2. The molecule has 0 aromatic heterocycles. The fourth-order valence-electron chi connectivity index (χ4n) is 6.45. The van der Waals surface area contributed by atoms with Crippen LogP contribution < -0.4 is 0 Å². The number of carbonyl (C=O) groups excluding carboxylic acids is 1. The van der Waals surface area contributed by atoms with Crippen LogP contribution in [0.15, 0.2) is 0 Å². The lowest BCUT2D eigenvalue weighted by Crippen LogP contribution is -2.47. The summed E-state index contributed by atoms with van der Waals surface area (Å²) in [7, 11) is 0. The molecule has 0 unspecified atom stereocenters. The van der Waals surface area contributed by atoms with Gasteiger partial charge in [0, 0.05) is 12.8 Å². The quantitative estimate of drug-likeness (QED) is 0.734. The van der Waals surface area contributed by atoms with Crippen LogP contribution in [0, 0.1) is 35.5 Å². The molecule has 0 radical (unpaired) electrons. The van der Waals surface area contributed by atoms with Crippen LogP contribution in [0.25, 0.3) is 0 Å². The maximum atomic E-state index is 11.7. The van der Waals surface area contributed by atoms with E-state index in [2.05, 4.69) is 0 Å². The van der Waals surface area contributed by atoms with Crippen LogP contribution in [0.5, 0.6) is 0 Å². The van der Waals surface area contributed by atoms with Gasteiger partial charge < -0.3 is 5.11 Å². The molecule has 7 atom stereocenters. The molecule has 4 saturated carbocycles. The van der Waals surface area contributed by atoms with Crippen LogP contribution in [-0.4, -0.2) is 17.0 Å². The Labute approximate surface area is 122 Å². The second-order valence-electron chi connectivity index (χ2n) is 8.08. The van der Waals surface area contributed by atoms with Gasteiger partial charge in [-0.3, -0.25) is 4.79 Å². The standard InChI is InChI=1S/C18H28O2/c19-13-3-7-15-11(9-13)1-5-17-16-8-4-14(20)10-12(16)2-6-18(15)17/h11-13,15-19H,1-10H2/t11-,12-,13+,15-,16+,17-,18+/m0/s1. The van der Waals surface area contributed by atoms with Crippen LogP contribution in [0.4, 0.5) is 0 Å². The summed E-state index contributed by atoms with van der Waals surface area (Å²) in [4.78, 5) is 11.7. The Morgan fingerprint density at radius 1 is 0.750 bits per heavy atom. The van der Waals surface area contributed by atoms with Crippen LogP contribution in [0.3, 0.4) is 0 Å². The predicted molar refractivity (Wildman–Crippen MR) is 78.1 cm³/mol. The third-order valence-electron chi connectivity index (χ3n) is 7.26. The lowest BCUT2D eigenvalue weighted by Gasteiger charge is -2.54. The SMILES string of the molecule is O=C1CC[C@@H]2[C@@H](CC[C@H]3[C@H]2CC[C@H]2C[C@H](O)CC[C@@H]23)C1. The summed E-state index contributed by atoms with van der Waals surface area (Å²) in [6, 6.07) is 0. The van der Waals surface area contributed by atoms with E-state index in [1.165, 1.54) is 38.5 Å². The van der Waals surface area contributed by atoms with Crippen molar-refractivity contribution in [2.45, 2.75) is 70.3 Å². The van der Waals surface area contributed by atoms with Crippen molar-refractivity contribution in [1.29, 1.82) is 0 Å². The van der Waals surface area contributed by atoms with Crippen LogP contribution >= 0.6 is 0 Å². The van der Waals surface area contributed by atoms with Gasteiger partial charge in [0.05, 0.1) is 6.10 Å². The van der Waals surface area contributed by atoms with Gasteiger partial charge in [0.1, 0.15) is 5.78 Å². The maximum Gasteiger partial charge on any atom is 0.133 e. The Bertz CT molecular complexity index is 391. The first kappa shape index (κ1) is 13.3. The van der Waals surface area contributed by atoms with E-state index in [1.54, 1.807) is 0 Å². The molecule has 0 aromatic carbocycles. The lowest BCUT2D eigenvalue weighted by atomic mass is 9.51. The second kappa shape index (κ2) is 5.12. The Morgan fingerprint density at radius 2 is 1.40 bits per heavy atom. The molecule has 1 N–H and O–H groups in total. The van der Waals surface area contributed by atoms with E-state index in [0.717, 1.165) is 61.2 Å². The minimum atomic E-state index is -0.0172. The van der Waals surface area contributed by atoms with E-state index in [1.807, 2.05) is 0 Å². The van der Waals surface area contributed by atoms with Crippen LogP contribution in [-0.2, 0) is 4.79 Å². The van der Waals surface area contributed by atoms with E-state index in [-0.39, 0.29) is 6.10 Å². The third-order valence-corrected chi connectivity index (χ3v) is 7.26. The molecular weight excluding hydrogens is 248 g/mol. The van der Waals surface area contributed by atoms with Crippen molar-refractivity contribution in [3.8, 4) is 0 Å².